The summed E-state index contributed by atoms with van der Waals surface area (Å²) in [5, 5.41) is 7.36. The van der Waals surface area contributed by atoms with Crippen LogP contribution in [0.3, 0.4) is 0 Å². The Morgan fingerprint density at radius 1 is 0.388 bits per heavy atom. The standard InChI is InChI=1S/C44H26N4S/c1-2-12-28(13-3-1)47-37-19-9-4-14-29(37)33-26-40-34(25-39(33)47)30-15-5-10-20-38(30)48(40)44-43(45-35-17-7-8-18-36(35)46-44)27-22-23-32-31-16-6-11-21-41(31)49-42(32)24-27/h1-26H. The van der Waals surface area contributed by atoms with Crippen molar-refractivity contribution in [1.29, 1.82) is 0 Å². The quantitative estimate of drug-likeness (QED) is 0.192. The highest BCUT2D eigenvalue weighted by Crippen LogP contribution is 2.42. The molecule has 0 radical (unpaired) electrons. The lowest BCUT2D eigenvalue weighted by molar-refractivity contribution is 1.08. The predicted molar refractivity (Wildman–Crippen MR) is 207 cm³/mol. The summed E-state index contributed by atoms with van der Waals surface area (Å²) in [6.45, 7) is 0. The van der Waals surface area contributed by atoms with Gasteiger partial charge in [-0.15, -0.1) is 11.3 Å². The summed E-state index contributed by atoms with van der Waals surface area (Å²) >= 11 is 1.83. The molecule has 0 N–H and O–H groups in total. The molecule has 49 heavy (non-hydrogen) atoms. The van der Waals surface area contributed by atoms with Crippen molar-refractivity contribution < 1.29 is 0 Å². The van der Waals surface area contributed by atoms with Crippen LogP contribution in [0.5, 0.6) is 0 Å². The molecule has 0 aliphatic rings. The molecule has 0 aliphatic carbocycles. The van der Waals surface area contributed by atoms with E-state index in [-0.39, 0.29) is 0 Å². The van der Waals surface area contributed by atoms with Crippen molar-refractivity contribution in [3.8, 4) is 22.8 Å². The zero-order chi connectivity index (χ0) is 32.1. The van der Waals surface area contributed by atoms with Crippen molar-refractivity contribution >= 4 is 86.2 Å². The second-order valence-electron chi connectivity index (χ2n) is 12.6. The number of rotatable bonds is 3. The maximum atomic E-state index is 5.41. The Morgan fingerprint density at radius 2 is 0.959 bits per heavy atom. The van der Waals surface area contributed by atoms with Gasteiger partial charge >= 0.3 is 0 Å². The number of nitrogens with zero attached hydrogens (tertiary/aromatic N) is 4. The van der Waals surface area contributed by atoms with Gasteiger partial charge < -0.3 is 4.57 Å². The van der Waals surface area contributed by atoms with E-state index in [1.54, 1.807) is 0 Å². The summed E-state index contributed by atoms with van der Waals surface area (Å²) < 4.78 is 7.26. The smallest absolute Gasteiger partial charge is 0.165 e. The molecule has 5 heteroatoms. The van der Waals surface area contributed by atoms with Gasteiger partial charge in [-0.25, -0.2) is 9.97 Å². The van der Waals surface area contributed by atoms with Gasteiger partial charge in [0.05, 0.1) is 33.1 Å². The van der Waals surface area contributed by atoms with Crippen LogP contribution in [0.4, 0.5) is 0 Å². The van der Waals surface area contributed by atoms with Gasteiger partial charge in [-0.1, -0.05) is 97.1 Å². The van der Waals surface area contributed by atoms with Crippen LogP contribution < -0.4 is 0 Å². The Balaban J connectivity index is 1.26. The number of para-hydroxylation sites is 5. The molecule has 0 spiro atoms. The fourth-order valence-electron chi connectivity index (χ4n) is 7.73. The van der Waals surface area contributed by atoms with E-state index in [0.717, 1.165) is 44.8 Å². The highest BCUT2D eigenvalue weighted by molar-refractivity contribution is 7.25. The minimum absolute atomic E-state index is 0.830. The molecule has 0 unspecified atom stereocenters. The van der Waals surface area contributed by atoms with Gasteiger partial charge in [-0.05, 0) is 60.7 Å². The fourth-order valence-corrected chi connectivity index (χ4v) is 8.87. The number of hydrogen-bond donors (Lipinski definition) is 0. The van der Waals surface area contributed by atoms with Gasteiger partial charge in [0.1, 0.15) is 5.69 Å². The molecule has 0 amide bonds. The fraction of sp³-hybridized carbons (Fsp3) is 0. The van der Waals surface area contributed by atoms with Crippen molar-refractivity contribution in [2.45, 2.75) is 0 Å². The van der Waals surface area contributed by atoms with Crippen molar-refractivity contribution in [3.63, 3.8) is 0 Å². The third-order valence-electron chi connectivity index (χ3n) is 9.90. The third kappa shape index (κ3) is 3.85. The van der Waals surface area contributed by atoms with E-state index < -0.39 is 0 Å². The first-order valence-electron chi connectivity index (χ1n) is 16.5. The Kier molecular flexibility index (Phi) is 5.51. The maximum absolute atomic E-state index is 5.41. The molecule has 0 saturated carbocycles. The van der Waals surface area contributed by atoms with Crippen LogP contribution in [0, 0.1) is 0 Å². The molecule has 11 aromatic rings. The second-order valence-corrected chi connectivity index (χ2v) is 13.7. The molecule has 0 aliphatic heterocycles. The highest BCUT2D eigenvalue weighted by Gasteiger charge is 2.22. The Labute approximate surface area is 284 Å². The van der Waals surface area contributed by atoms with E-state index in [9.17, 15) is 0 Å². The van der Waals surface area contributed by atoms with Gasteiger partial charge in [0, 0.05) is 53.0 Å². The summed E-state index contributed by atoms with van der Waals surface area (Å²) in [6, 6.07) is 56.4. The maximum Gasteiger partial charge on any atom is 0.165 e. The summed E-state index contributed by atoms with van der Waals surface area (Å²) in [5.41, 5.74) is 9.41. The first kappa shape index (κ1) is 26.7. The van der Waals surface area contributed by atoms with Crippen LogP contribution in [-0.4, -0.2) is 19.1 Å². The van der Waals surface area contributed by atoms with Crippen LogP contribution in [0.2, 0.25) is 0 Å². The molecule has 228 valence electrons. The van der Waals surface area contributed by atoms with Gasteiger partial charge in [-0.3, -0.25) is 4.57 Å². The summed E-state index contributed by atoms with van der Waals surface area (Å²) in [6.07, 6.45) is 0. The molecule has 0 bridgehead atoms. The minimum atomic E-state index is 0.830. The van der Waals surface area contributed by atoms with E-state index in [1.807, 2.05) is 23.5 Å². The number of thiophene rings is 1. The lowest BCUT2D eigenvalue weighted by atomic mass is 10.1. The topological polar surface area (TPSA) is 35.6 Å². The molecule has 0 saturated heterocycles. The van der Waals surface area contributed by atoms with Gasteiger partial charge in [-0.2, -0.15) is 0 Å². The second kappa shape index (κ2) is 10.1. The minimum Gasteiger partial charge on any atom is -0.309 e. The van der Waals surface area contributed by atoms with Crippen molar-refractivity contribution in [2.24, 2.45) is 0 Å². The summed E-state index contributed by atoms with van der Waals surface area (Å²) in [5.74, 6) is 0.830. The molecule has 7 aromatic carbocycles. The number of aromatic nitrogens is 4. The highest BCUT2D eigenvalue weighted by atomic mass is 32.1. The van der Waals surface area contributed by atoms with Crippen molar-refractivity contribution in [3.05, 3.63) is 158 Å². The lowest BCUT2D eigenvalue weighted by Gasteiger charge is -2.14. The first-order chi connectivity index (χ1) is 24.3. The van der Waals surface area contributed by atoms with Crippen molar-refractivity contribution in [2.75, 3.05) is 0 Å². The van der Waals surface area contributed by atoms with E-state index in [0.29, 0.717) is 0 Å². The van der Waals surface area contributed by atoms with E-state index >= 15 is 0 Å². The van der Waals surface area contributed by atoms with E-state index in [1.165, 1.54) is 52.8 Å². The SMILES string of the molecule is c1ccc(-n2c3ccccc3c3cc4c(cc32)c2ccccc2n4-c2nc3ccccc3nc2-c2ccc3c(c2)sc2ccccc23)cc1. The van der Waals surface area contributed by atoms with Crippen LogP contribution >= 0.6 is 11.3 Å². The normalized spacial score (nSPS) is 12.1. The average molecular weight is 643 g/mol. The molecule has 4 nitrogen and oxygen atoms in total. The molecular formula is C44H26N4S. The van der Waals surface area contributed by atoms with Crippen LogP contribution in [0.25, 0.3) is 97.6 Å². The molecule has 11 rings (SSSR count). The lowest BCUT2D eigenvalue weighted by Crippen LogP contribution is -2.03. The zero-order valence-corrected chi connectivity index (χ0v) is 27.0. The number of hydrogen-bond acceptors (Lipinski definition) is 3. The zero-order valence-electron chi connectivity index (χ0n) is 26.2. The third-order valence-corrected chi connectivity index (χ3v) is 11.0. The predicted octanol–water partition coefficient (Wildman–Crippen LogP) is 11.9. The van der Waals surface area contributed by atoms with Gasteiger partial charge in [0.2, 0.25) is 0 Å². The first-order valence-corrected chi connectivity index (χ1v) is 17.3. The average Bonchev–Trinajstić information content (AvgIpc) is 3.80. The number of fused-ring (bicyclic) bond motifs is 10. The van der Waals surface area contributed by atoms with Crippen LogP contribution in [0.15, 0.2) is 158 Å². The largest absolute Gasteiger partial charge is 0.309 e. The van der Waals surface area contributed by atoms with Gasteiger partial charge in [0.15, 0.2) is 5.82 Å². The van der Waals surface area contributed by atoms with Crippen LogP contribution in [-0.2, 0) is 0 Å². The Bertz CT molecular complexity index is 3110. The molecule has 4 heterocycles. The molecule has 0 atom stereocenters. The molecular weight excluding hydrogens is 617 g/mol. The summed E-state index contributed by atoms with van der Waals surface area (Å²) in [4.78, 5) is 10.8. The van der Waals surface area contributed by atoms with E-state index in [4.69, 9.17) is 9.97 Å². The van der Waals surface area contributed by atoms with E-state index in [2.05, 4.69) is 155 Å². The molecule has 0 fully saturated rings. The van der Waals surface area contributed by atoms with Gasteiger partial charge in [0.25, 0.3) is 0 Å². The molecule has 4 aromatic heterocycles. The summed E-state index contributed by atoms with van der Waals surface area (Å²) in [7, 11) is 0. The number of benzene rings is 7. The Morgan fingerprint density at radius 3 is 1.71 bits per heavy atom. The van der Waals surface area contributed by atoms with Crippen LogP contribution in [0.1, 0.15) is 0 Å². The monoisotopic (exact) mass is 642 g/mol. The Hall–Kier alpha value is -6.30. The van der Waals surface area contributed by atoms with Crippen molar-refractivity contribution in [1.82, 2.24) is 19.1 Å².